The molecule has 0 radical (unpaired) electrons. The molecule has 0 bridgehead atoms. The van der Waals surface area contributed by atoms with Crippen LogP contribution in [0.25, 0.3) is 10.9 Å². The number of ketones is 1. The van der Waals surface area contributed by atoms with E-state index in [-0.39, 0.29) is 11.8 Å². The van der Waals surface area contributed by atoms with Gasteiger partial charge in [0.2, 0.25) is 5.78 Å². The highest BCUT2D eigenvalue weighted by atomic mass is 16.1. The minimum absolute atomic E-state index is 0.00693. The minimum atomic E-state index is 0.00693. The van der Waals surface area contributed by atoms with Crippen LogP contribution in [0.1, 0.15) is 22.8 Å². The number of fused-ring (bicyclic) bond motifs is 1. The number of hydrogen-bond donors (Lipinski definition) is 3. The van der Waals surface area contributed by atoms with E-state index in [0.717, 1.165) is 49.2 Å². The van der Waals surface area contributed by atoms with Gasteiger partial charge in [0.05, 0.1) is 0 Å². The number of nitrogens with one attached hydrogen (secondary N) is 3. The van der Waals surface area contributed by atoms with Crippen LogP contribution in [0.2, 0.25) is 0 Å². The minimum Gasteiger partial charge on any atom is -0.360 e. The van der Waals surface area contributed by atoms with Crippen LogP contribution in [-0.4, -0.2) is 43.0 Å². The van der Waals surface area contributed by atoms with E-state index in [2.05, 4.69) is 42.2 Å². The van der Waals surface area contributed by atoms with Crippen LogP contribution in [0.3, 0.4) is 0 Å². The summed E-state index contributed by atoms with van der Waals surface area (Å²) in [7, 11) is 0. The van der Waals surface area contributed by atoms with Crippen LogP contribution in [0.15, 0.2) is 60.8 Å². The third kappa shape index (κ3) is 3.43. The van der Waals surface area contributed by atoms with Crippen molar-refractivity contribution in [1.29, 1.82) is 0 Å². The van der Waals surface area contributed by atoms with Gasteiger partial charge in [-0.15, -0.1) is 0 Å². The first kappa shape index (κ1) is 17.0. The predicted octanol–water partition coefficient (Wildman–Crippen LogP) is 0.723. The molecule has 1 aliphatic heterocycles. The van der Waals surface area contributed by atoms with E-state index >= 15 is 0 Å². The second-order valence-electron chi connectivity index (χ2n) is 7.40. The SMILES string of the molecule is C[C@H](C(=O)c1c[nH]c2ccccc12)[NH+]1CC[NH+](Cc2ccccc2)CC1. The molecule has 3 N–H and O–H groups in total. The Morgan fingerprint density at radius 2 is 1.69 bits per heavy atom. The molecule has 1 aromatic heterocycles. The number of aromatic nitrogens is 1. The molecule has 2 heterocycles. The maximum atomic E-state index is 13.0. The van der Waals surface area contributed by atoms with Crippen molar-refractivity contribution in [2.45, 2.75) is 19.5 Å². The molecule has 4 heteroatoms. The van der Waals surface area contributed by atoms with Crippen LogP contribution in [0, 0.1) is 0 Å². The number of H-pyrrole nitrogens is 1. The molecule has 0 aliphatic carbocycles. The van der Waals surface area contributed by atoms with E-state index in [4.69, 9.17) is 0 Å². The number of rotatable bonds is 5. The number of carbonyl (C=O) groups excluding carboxylic acids is 1. The fourth-order valence-corrected chi connectivity index (χ4v) is 4.11. The molecule has 0 amide bonds. The Hall–Kier alpha value is -2.43. The topological polar surface area (TPSA) is 41.7 Å². The monoisotopic (exact) mass is 349 g/mol. The van der Waals surface area contributed by atoms with E-state index in [0.29, 0.717) is 0 Å². The Morgan fingerprint density at radius 1 is 1.00 bits per heavy atom. The van der Waals surface area contributed by atoms with Crippen molar-refractivity contribution in [3.05, 3.63) is 71.9 Å². The Morgan fingerprint density at radius 3 is 2.46 bits per heavy atom. The zero-order valence-corrected chi connectivity index (χ0v) is 15.3. The number of carbonyl (C=O) groups is 1. The highest BCUT2D eigenvalue weighted by Crippen LogP contribution is 2.18. The van der Waals surface area contributed by atoms with Crippen molar-refractivity contribution in [3.63, 3.8) is 0 Å². The van der Waals surface area contributed by atoms with Crippen LogP contribution >= 0.6 is 0 Å². The van der Waals surface area contributed by atoms with Gasteiger partial charge in [-0.05, 0) is 13.0 Å². The summed E-state index contributed by atoms with van der Waals surface area (Å²) in [6, 6.07) is 18.7. The van der Waals surface area contributed by atoms with Crippen molar-refractivity contribution in [1.82, 2.24) is 4.98 Å². The summed E-state index contributed by atoms with van der Waals surface area (Å²) in [6.07, 6.45) is 1.87. The average molecular weight is 349 g/mol. The molecule has 0 spiro atoms. The Balaban J connectivity index is 1.39. The molecule has 26 heavy (non-hydrogen) atoms. The number of quaternary nitrogens is 2. The van der Waals surface area contributed by atoms with Crippen molar-refractivity contribution >= 4 is 16.7 Å². The molecule has 1 saturated heterocycles. The van der Waals surface area contributed by atoms with Gasteiger partial charge in [0.25, 0.3) is 0 Å². The van der Waals surface area contributed by atoms with Crippen molar-refractivity contribution in [2.24, 2.45) is 0 Å². The van der Waals surface area contributed by atoms with Crippen molar-refractivity contribution < 1.29 is 14.6 Å². The number of para-hydroxylation sites is 1. The van der Waals surface area contributed by atoms with Crippen LogP contribution < -0.4 is 9.80 Å². The lowest BCUT2D eigenvalue weighted by molar-refractivity contribution is -1.02. The summed E-state index contributed by atoms with van der Waals surface area (Å²) < 4.78 is 0. The normalized spacial score (nSPS) is 21.6. The summed E-state index contributed by atoms with van der Waals surface area (Å²) in [5.41, 5.74) is 3.27. The second kappa shape index (κ2) is 7.44. The van der Waals surface area contributed by atoms with Gasteiger partial charge in [0.15, 0.2) is 0 Å². The molecule has 1 aliphatic rings. The predicted molar refractivity (Wildman–Crippen MR) is 104 cm³/mol. The zero-order valence-electron chi connectivity index (χ0n) is 15.3. The van der Waals surface area contributed by atoms with Crippen molar-refractivity contribution in [2.75, 3.05) is 26.2 Å². The summed E-state index contributed by atoms with van der Waals surface area (Å²) in [4.78, 5) is 19.3. The molecule has 1 atom stereocenters. The van der Waals surface area contributed by atoms with Gasteiger partial charge in [-0.3, -0.25) is 4.79 Å². The standard InChI is InChI=1S/C22H25N3O/c1-17(22(26)20-15-23-21-10-6-5-9-19(20)21)25-13-11-24(12-14-25)16-18-7-3-2-4-8-18/h2-10,15,17,23H,11-14,16H2,1H3/p+2/t17-/m1/s1. The van der Waals surface area contributed by atoms with Gasteiger partial charge >= 0.3 is 0 Å². The molecule has 1 fully saturated rings. The third-order valence-electron chi connectivity index (χ3n) is 5.76. The molecule has 0 saturated carbocycles. The van der Waals surface area contributed by atoms with Crippen LogP contribution in [-0.2, 0) is 6.54 Å². The molecule has 4 nitrogen and oxygen atoms in total. The molecule has 0 unspecified atom stereocenters. The quantitative estimate of drug-likeness (QED) is 0.584. The number of piperazine rings is 1. The second-order valence-corrected chi connectivity index (χ2v) is 7.40. The van der Waals surface area contributed by atoms with E-state index in [1.165, 1.54) is 10.5 Å². The van der Waals surface area contributed by atoms with Gasteiger partial charge in [0, 0.05) is 28.2 Å². The molecular formula is C22H27N3O+2. The Bertz CT molecular complexity index is 879. The fraction of sp³-hybridized carbons (Fsp3) is 0.318. The van der Waals surface area contributed by atoms with Crippen LogP contribution in [0.5, 0.6) is 0 Å². The molecule has 3 aromatic rings. The summed E-state index contributed by atoms with van der Waals surface area (Å²) in [6.45, 7) is 7.51. The number of benzene rings is 2. The molecule has 134 valence electrons. The summed E-state index contributed by atoms with van der Waals surface area (Å²) in [5.74, 6) is 0.254. The number of hydrogen-bond acceptors (Lipinski definition) is 1. The number of aromatic amines is 1. The highest BCUT2D eigenvalue weighted by Gasteiger charge is 2.32. The van der Waals surface area contributed by atoms with Crippen molar-refractivity contribution in [3.8, 4) is 0 Å². The lowest BCUT2D eigenvalue weighted by atomic mass is 10.0. The summed E-state index contributed by atoms with van der Waals surface area (Å²) in [5, 5.41) is 1.04. The Kier molecular flexibility index (Phi) is 4.87. The largest absolute Gasteiger partial charge is 0.360 e. The van der Waals surface area contributed by atoms with Gasteiger partial charge in [0.1, 0.15) is 38.8 Å². The average Bonchev–Trinajstić information content (AvgIpc) is 3.12. The summed E-state index contributed by atoms with van der Waals surface area (Å²) >= 11 is 0. The fourth-order valence-electron chi connectivity index (χ4n) is 4.11. The lowest BCUT2D eigenvalue weighted by Gasteiger charge is -2.32. The highest BCUT2D eigenvalue weighted by molar-refractivity contribution is 6.09. The smallest absolute Gasteiger partial charge is 0.221 e. The number of Topliss-reactive ketones (excluding diaryl/α,β-unsaturated/α-hetero) is 1. The first-order chi connectivity index (χ1) is 12.7. The molecular weight excluding hydrogens is 322 g/mol. The van der Waals surface area contributed by atoms with E-state index in [9.17, 15) is 4.79 Å². The molecule has 2 aromatic carbocycles. The van der Waals surface area contributed by atoms with E-state index < -0.39 is 0 Å². The first-order valence-electron chi connectivity index (χ1n) is 9.55. The van der Waals surface area contributed by atoms with Crippen LogP contribution in [0.4, 0.5) is 0 Å². The van der Waals surface area contributed by atoms with Gasteiger partial charge in [-0.1, -0.05) is 48.5 Å². The maximum absolute atomic E-state index is 13.0. The maximum Gasteiger partial charge on any atom is 0.221 e. The Labute approximate surface area is 154 Å². The van der Waals surface area contributed by atoms with E-state index in [1.807, 2.05) is 30.5 Å². The zero-order chi connectivity index (χ0) is 17.9. The van der Waals surface area contributed by atoms with Gasteiger partial charge in [-0.25, -0.2) is 0 Å². The first-order valence-corrected chi connectivity index (χ1v) is 9.55. The third-order valence-corrected chi connectivity index (χ3v) is 5.76. The van der Waals surface area contributed by atoms with Gasteiger partial charge in [-0.2, -0.15) is 0 Å². The van der Waals surface area contributed by atoms with E-state index in [1.54, 1.807) is 4.90 Å². The molecule has 4 rings (SSSR count). The van der Waals surface area contributed by atoms with Gasteiger partial charge < -0.3 is 14.8 Å². The lowest BCUT2D eigenvalue weighted by Crippen LogP contribution is -3.29.